The Labute approximate surface area is 394 Å². The summed E-state index contributed by atoms with van der Waals surface area (Å²) in [6, 6.07) is 94.8. The van der Waals surface area contributed by atoms with Crippen LogP contribution in [-0.4, -0.2) is 0 Å². The Morgan fingerprint density at radius 2 is 0.441 bits per heavy atom. The molecule has 14 aromatic carbocycles. The first-order chi connectivity index (χ1) is 33.7. The molecule has 14 rings (SSSR count). The first kappa shape index (κ1) is 38.4. The van der Waals surface area contributed by atoms with Crippen molar-refractivity contribution in [1.29, 1.82) is 0 Å². The van der Waals surface area contributed by atoms with Gasteiger partial charge in [-0.25, -0.2) is 0 Å². The molecule has 68 heavy (non-hydrogen) atoms. The minimum Gasteiger partial charge on any atom is -0.0616 e. The molecule has 0 amide bonds. The molecule has 0 nitrogen and oxygen atoms in total. The lowest BCUT2D eigenvalue weighted by molar-refractivity contribution is 1.65. The fourth-order valence-electron chi connectivity index (χ4n) is 11.6. The van der Waals surface area contributed by atoms with Gasteiger partial charge in [-0.3, -0.25) is 0 Å². The third-order valence-electron chi connectivity index (χ3n) is 14.6. The van der Waals surface area contributed by atoms with E-state index in [4.69, 9.17) is 0 Å². The van der Waals surface area contributed by atoms with Crippen LogP contribution in [0, 0.1) is 0 Å². The molecule has 0 saturated heterocycles. The zero-order valence-corrected chi connectivity index (χ0v) is 37.2. The lowest BCUT2D eigenvalue weighted by Gasteiger charge is -2.20. The fraction of sp³-hybridized carbons (Fsp3) is 0. The second kappa shape index (κ2) is 15.4. The minimum absolute atomic E-state index is 1.20. The number of hydrogen-bond donors (Lipinski definition) is 0. The molecular formula is C68H42. The maximum atomic E-state index is 2.43. The Kier molecular flexibility index (Phi) is 8.69. The Morgan fingerprint density at radius 3 is 0.882 bits per heavy atom. The summed E-state index contributed by atoms with van der Waals surface area (Å²) in [4.78, 5) is 0. The Balaban J connectivity index is 0.970. The molecule has 0 aliphatic heterocycles. The molecule has 0 heterocycles. The van der Waals surface area contributed by atoms with E-state index >= 15 is 0 Å². The van der Waals surface area contributed by atoms with Gasteiger partial charge in [-0.1, -0.05) is 237 Å². The van der Waals surface area contributed by atoms with E-state index < -0.39 is 0 Å². The van der Waals surface area contributed by atoms with Gasteiger partial charge in [-0.05, 0) is 160 Å². The van der Waals surface area contributed by atoms with Crippen LogP contribution in [0.25, 0.3) is 142 Å². The van der Waals surface area contributed by atoms with Gasteiger partial charge in [0.2, 0.25) is 0 Å². The number of benzene rings is 14. The van der Waals surface area contributed by atoms with Crippen LogP contribution in [0.1, 0.15) is 0 Å². The van der Waals surface area contributed by atoms with E-state index in [-0.39, 0.29) is 0 Å². The minimum atomic E-state index is 1.20. The predicted molar refractivity (Wildman–Crippen MR) is 294 cm³/mol. The van der Waals surface area contributed by atoms with Gasteiger partial charge >= 0.3 is 0 Å². The molecule has 14 aromatic rings. The van der Waals surface area contributed by atoms with Crippen molar-refractivity contribution in [2.75, 3.05) is 0 Å². The first-order valence-electron chi connectivity index (χ1n) is 23.7. The van der Waals surface area contributed by atoms with Crippen LogP contribution >= 0.6 is 0 Å². The van der Waals surface area contributed by atoms with E-state index in [0.717, 1.165) is 0 Å². The average molecular weight is 859 g/mol. The molecule has 0 bridgehead atoms. The first-order valence-corrected chi connectivity index (χ1v) is 23.7. The third-order valence-corrected chi connectivity index (χ3v) is 14.6. The van der Waals surface area contributed by atoms with E-state index in [1.54, 1.807) is 0 Å². The quantitative estimate of drug-likeness (QED) is 0.151. The van der Waals surface area contributed by atoms with Gasteiger partial charge in [-0.15, -0.1) is 0 Å². The van der Waals surface area contributed by atoms with Crippen molar-refractivity contribution >= 4 is 86.2 Å². The highest BCUT2D eigenvalue weighted by atomic mass is 14.2. The van der Waals surface area contributed by atoms with Gasteiger partial charge in [0.15, 0.2) is 0 Å². The third kappa shape index (κ3) is 5.94. The Bertz CT molecular complexity index is 4260. The van der Waals surface area contributed by atoms with Crippen LogP contribution in [-0.2, 0) is 0 Å². The zero-order chi connectivity index (χ0) is 44.7. The van der Waals surface area contributed by atoms with Crippen molar-refractivity contribution in [2.45, 2.75) is 0 Å². The summed E-state index contributed by atoms with van der Waals surface area (Å²) >= 11 is 0. The molecule has 0 fully saturated rings. The Hall–Kier alpha value is -8.84. The second-order valence-electron chi connectivity index (χ2n) is 18.3. The summed E-state index contributed by atoms with van der Waals surface area (Å²) in [5.41, 5.74) is 12.5. The molecule has 314 valence electrons. The number of fused-ring (bicyclic) bond motifs is 8. The summed E-state index contributed by atoms with van der Waals surface area (Å²) < 4.78 is 0. The fourth-order valence-corrected chi connectivity index (χ4v) is 11.6. The van der Waals surface area contributed by atoms with Crippen LogP contribution in [0.3, 0.4) is 0 Å². The summed E-state index contributed by atoms with van der Waals surface area (Å²) in [6.45, 7) is 0. The van der Waals surface area contributed by atoms with Gasteiger partial charge in [0.05, 0.1) is 0 Å². The van der Waals surface area contributed by atoms with E-state index in [0.29, 0.717) is 0 Å². The van der Waals surface area contributed by atoms with Crippen LogP contribution in [0.2, 0.25) is 0 Å². The zero-order valence-electron chi connectivity index (χ0n) is 37.2. The van der Waals surface area contributed by atoms with E-state index in [9.17, 15) is 0 Å². The van der Waals surface area contributed by atoms with Crippen molar-refractivity contribution in [3.8, 4) is 55.6 Å². The van der Waals surface area contributed by atoms with Gasteiger partial charge in [0.25, 0.3) is 0 Å². The summed E-state index contributed by atoms with van der Waals surface area (Å²) in [5, 5.41) is 20.0. The molecule has 0 radical (unpaired) electrons. The molecule has 0 saturated carbocycles. The van der Waals surface area contributed by atoms with Crippen molar-refractivity contribution in [2.24, 2.45) is 0 Å². The monoisotopic (exact) mass is 858 g/mol. The lowest BCUT2D eigenvalue weighted by Crippen LogP contribution is -1.93. The predicted octanol–water partition coefficient (Wildman–Crippen LogP) is 19.2. The van der Waals surface area contributed by atoms with Crippen molar-refractivity contribution in [3.63, 3.8) is 0 Å². The topological polar surface area (TPSA) is 0 Å². The van der Waals surface area contributed by atoms with Crippen molar-refractivity contribution < 1.29 is 0 Å². The highest BCUT2D eigenvalue weighted by Gasteiger charge is 2.21. The van der Waals surface area contributed by atoms with Crippen molar-refractivity contribution in [1.82, 2.24) is 0 Å². The van der Waals surface area contributed by atoms with Crippen molar-refractivity contribution in [3.05, 3.63) is 255 Å². The van der Waals surface area contributed by atoms with E-state index in [2.05, 4.69) is 255 Å². The molecule has 0 aromatic heterocycles. The van der Waals surface area contributed by atoms with Crippen LogP contribution in [0.4, 0.5) is 0 Å². The molecule has 0 heteroatoms. The van der Waals surface area contributed by atoms with Gasteiger partial charge in [0, 0.05) is 0 Å². The molecule has 0 aliphatic rings. The van der Waals surface area contributed by atoms with Crippen LogP contribution < -0.4 is 0 Å². The number of hydrogen-bond acceptors (Lipinski definition) is 0. The summed E-state index contributed by atoms with van der Waals surface area (Å²) in [6.07, 6.45) is 0. The largest absolute Gasteiger partial charge is 0.0616 e. The highest BCUT2D eigenvalue weighted by molar-refractivity contribution is 6.26. The molecular weight excluding hydrogens is 817 g/mol. The molecule has 0 unspecified atom stereocenters. The SMILES string of the molecule is c1ccc2cc(-c3c4ccccc4c(-c4cccc5ccc(-c6ccc7cccc(-c8c9ccccc9c(-c9cccc%10ccccc9%10)c9ccccc89)c7c6)cc45)c4ccccc34)ccc2c1. The van der Waals surface area contributed by atoms with E-state index in [1.165, 1.54) is 142 Å². The standard InChI is InChI=1S/C68H42/c1-2-18-47-40-50(39-34-43(47)16-1)65-53-23-5-7-25-55(53)67(56-26-8-6-24-54(56)65)61-32-14-20-45-35-37-48(41-63(45)61)49-38-36-46-21-15-33-62(64(46)42-49)68-59-29-11-9-27-57(59)66(58-28-10-12-30-60(58)68)52-31-13-19-44-17-3-4-22-51(44)52/h1-42H. The van der Waals surface area contributed by atoms with Crippen LogP contribution in [0.5, 0.6) is 0 Å². The maximum Gasteiger partial charge on any atom is -0.00201 e. The second-order valence-corrected chi connectivity index (χ2v) is 18.3. The summed E-state index contributed by atoms with van der Waals surface area (Å²) in [7, 11) is 0. The molecule has 0 atom stereocenters. The average Bonchev–Trinajstić information content (AvgIpc) is 3.41. The Morgan fingerprint density at radius 1 is 0.147 bits per heavy atom. The molecule has 0 spiro atoms. The van der Waals surface area contributed by atoms with Crippen LogP contribution in [0.15, 0.2) is 255 Å². The smallest absolute Gasteiger partial charge is 0.00201 e. The number of rotatable bonds is 5. The highest BCUT2D eigenvalue weighted by Crippen LogP contribution is 2.49. The van der Waals surface area contributed by atoms with E-state index in [1.807, 2.05) is 0 Å². The van der Waals surface area contributed by atoms with Gasteiger partial charge in [0.1, 0.15) is 0 Å². The summed E-state index contributed by atoms with van der Waals surface area (Å²) in [5.74, 6) is 0. The molecule has 0 N–H and O–H groups in total. The van der Waals surface area contributed by atoms with Gasteiger partial charge in [-0.2, -0.15) is 0 Å². The lowest BCUT2D eigenvalue weighted by atomic mass is 9.83. The molecule has 0 aliphatic carbocycles. The van der Waals surface area contributed by atoms with Gasteiger partial charge < -0.3 is 0 Å². The maximum absolute atomic E-state index is 2.43. The normalized spacial score (nSPS) is 11.8.